The molecule has 0 aliphatic rings. The summed E-state index contributed by atoms with van der Waals surface area (Å²) in [5.74, 6) is -2.63. The lowest BCUT2D eigenvalue weighted by molar-refractivity contribution is -0.142. The highest BCUT2D eigenvalue weighted by atomic mass is 32.2. The summed E-state index contributed by atoms with van der Waals surface area (Å²) in [6.45, 7) is 0. The molecule has 4 unspecified atom stereocenters. The number of hydrogen-bond acceptors (Lipinski definition) is 9. The number of amides is 3. The second-order valence-electron chi connectivity index (χ2n) is 8.24. The molecule has 0 saturated heterocycles. The van der Waals surface area contributed by atoms with Gasteiger partial charge < -0.3 is 36.9 Å². The first-order valence-electron chi connectivity index (χ1n) is 11.4. The highest BCUT2D eigenvalue weighted by molar-refractivity contribution is 7.98. The Morgan fingerprint density at radius 2 is 1.65 bits per heavy atom. The summed E-state index contributed by atoms with van der Waals surface area (Å²) < 4.78 is 0. The smallest absolute Gasteiger partial charge is 0.326 e. The van der Waals surface area contributed by atoms with Gasteiger partial charge in [0.15, 0.2) is 0 Å². The van der Waals surface area contributed by atoms with Crippen molar-refractivity contribution in [2.75, 3.05) is 17.8 Å². The van der Waals surface area contributed by atoms with Crippen LogP contribution in [0.25, 0.3) is 0 Å². The molecule has 4 atom stereocenters. The topological polar surface area (TPSA) is 200 Å². The van der Waals surface area contributed by atoms with Gasteiger partial charge in [-0.1, -0.05) is 12.1 Å². The van der Waals surface area contributed by atoms with E-state index in [0.717, 1.165) is 0 Å². The van der Waals surface area contributed by atoms with Gasteiger partial charge in [-0.05, 0) is 36.1 Å². The number of benzene rings is 1. The van der Waals surface area contributed by atoms with Gasteiger partial charge in [0, 0.05) is 30.5 Å². The van der Waals surface area contributed by atoms with E-state index in [-0.39, 0.29) is 24.3 Å². The van der Waals surface area contributed by atoms with Crippen LogP contribution >= 0.6 is 24.4 Å². The number of phenolic OH excluding ortho intramolecular Hbond substituents is 1. The number of carbonyl (C=O) groups is 4. The summed E-state index contributed by atoms with van der Waals surface area (Å²) in [4.78, 5) is 57.0. The average Bonchev–Trinajstić information content (AvgIpc) is 3.39. The van der Waals surface area contributed by atoms with E-state index in [1.807, 2.05) is 6.26 Å². The van der Waals surface area contributed by atoms with Crippen molar-refractivity contribution in [3.05, 3.63) is 48.0 Å². The van der Waals surface area contributed by atoms with E-state index in [2.05, 4.69) is 38.5 Å². The number of phenols is 1. The largest absolute Gasteiger partial charge is 0.508 e. The number of nitrogens with zero attached hydrogens (tertiary/aromatic N) is 1. The summed E-state index contributed by atoms with van der Waals surface area (Å²) >= 11 is 5.68. The number of rotatable bonds is 15. The van der Waals surface area contributed by atoms with Crippen LogP contribution in [0.4, 0.5) is 0 Å². The van der Waals surface area contributed by atoms with E-state index in [1.165, 1.54) is 24.7 Å². The minimum absolute atomic E-state index is 0.0273. The number of thiol groups is 1. The Morgan fingerprint density at radius 1 is 1.03 bits per heavy atom. The number of carboxylic acids is 1. The van der Waals surface area contributed by atoms with Crippen LogP contribution in [-0.4, -0.2) is 85.8 Å². The molecule has 202 valence electrons. The van der Waals surface area contributed by atoms with E-state index >= 15 is 0 Å². The molecule has 2 aromatic rings. The Balaban J connectivity index is 2.08. The maximum atomic E-state index is 13.1. The third-order valence-corrected chi connectivity index (χ3v) is 6.40. The summed E-state index contributed by atoms with van der Waals surface area (Å²) in [5.41, 5.74) is 7.09. The minimum atomic E-state index is -1.29. The summed E-state index contributed by atoms with van der Waals surface area (Å²) in [7, 11) is 0. The highest BCUT2D eigenvalue weighted by Gasteiger charge is 2.30. The van der Waals surface area contributed by atoms with E-state index < -0.39 is 47.9 Å². The molecule has 0 radical (unpaired) electrons. The zero-order valence-corrected chi connectivity index (χ0v) is 21.9. The van der Waals surface area contributed by atoms with E-state index in [0.29, 0.717) is 23.4 Å². The summed E-state index contributed by atoms with van der Waals surface area (Å²) in [5, 5.41) is 26.6. The molecule has 0 aliphatic carbocycles. The number of carboxylic acid groups (broad SMARTS) is 1. The Bertz CT molecular complexity index is 1040. The predicted octanol–water partition coefficient (Wildman–Crippen LogP) is -0.550. The van der Waals surface area contributed by atoms with Crippen molar-refractivity contribution in [1.29, 1.82) is 0 Å². The van der Waals surface area contributed by atoms with Gasteiger partial charge in [-0.3, -0.25) is 14.4 Å². The number of nitrogens with one attached hydrogen (secondary N) is 4. The quantitative estimate of drug-likeness (QED) is 0.134. The Kier molecular flexibility index (Phi) is 12.3. The number of hydrogen-bond donors (Lipinski definition) is 8. The van der Waals surface area contributed by atoms with E-state index in [9.17, 15) is 29.4 Å². The van der Waals surface area contributed by atoms with Crippen LogP contribution in [0.15, 0.2) is 36.8 Å². The molecule has 37 heavy (non-hydrogen) atoms. The average molecular weight is 553 g/mol. The van der Waals surface area contributed by atoms with Gasteiger partial charge in [0.1, 0.15) is 23.9 Å². The molecule has 12 nitrogen and oxygen atoms in total. The number of aromatic hydroxyl groups is 1. The van der Waals surface area contributed by atoms with Crippen molar-refractivity contribution < 1.29 is 29.4 Å². The first-order chi connectivity index (χ1) is 17.6. The molecule has 2 rings (SSSR count). The number of imidazole rings is 1. The fourth-order valence-corrected chi connectivity index (χ4v) is 4.03. The number of carbonyl (C=O) groups excluding carboxylic acids is 3. The first kappa shape index (κ1) is 30.0. The molecule has 3 amide bonds. The molecule has 14 heteroatoms. The summed E-state index contributed by atoms with van der Waals surface area (Å²) in [6, 6.07) is 1.56. The maximum Gasteiger partial charge on any atom is 0.326 e. The summed E-state index contributed by atoms with van der Waals surface area (Å²) in [6.07, 6.45) is 5.27. The van der Waals surface area contributed by atoms with Gasteiger partial charge in [0.25, 0.3) is 0 Å². The fourth-order valence-electron chi connectivity index (χ4n) is 3.29. The molecule has 0 bridgehead atoms. The van der Waals surface area contributed by atoms with Crippen molar-refractivity contribution >= 4 is 48.1 Å². The fraction of sp³-hybridized carbons (Fsp3) is 0.435. The van der Waals surface area contributed by atoms with Gasteiger partial charge in [0.05, 0.1) is 12.4 Å². The number of aromatic nitrogens is 2. The monoisotopic (exact) mass is 552 g/mol. The Morgan fingerprint density at radius 3 is 2.22 bits per heavy atom. The number of thioether (sulfide) groups is 1. The molecular formula is C23H32N6O6S2. The van der Waals surface area contributed by atoms with Crippen molar-refractivity contribution in [3.8, 4) is 5.75 Å². The maximum absolute atomic E-state index is 13.1. The van der Waals surface area contributed by atoms with Crippen LogP contribution in [0, 0.1) is 0 Å². The molecule has 0 saturated carbocycles. The van der Waals surface area contributed by atoms with Gasteiger partial charge in [-0.15, -0.1) is 0 Å². The minimum Gasteiger partial charge on any atom is -0.508 e. The van der Waals surface area contributed by atoms with Crippen LogP contribution in [0.3, 0.4) is 0 Å². The molecule has 0 spiro atoms. The Hall–Kier alpha value is -3.23. The van der Waals surface area contributed by atoms with Gasteiger partial charge >= 0.3 is 5.97 Å². The molecule has 1 aromatic heterocycles. The normalized spacial score (nSPS) is 14.1. The molecule has 1 heterocycles. The van der Waals surface area contributed by atoms with Gasteiger partial charge in [-0.2, -0.15) is 24.4 Å². The molecular weight excluding hydrogens is 520 g/mol. The Labute approximate surface area is 224 Å². The number of nitrogens with two attached hydrogens (primary N) is 1. The third-order valence-electron chi connectivity index (χ3n) is 5.39. The van der Waals surface area contributed by atoms with Crippen LogP contribution < -0.4 is 21.7 Å². The zero-order chi connectivity index (χ0) is 27.4. The first-order valence-corrected chi connectivity index (χ1v) is 13.4. The molecule has 0 aliphatic heterocycles. The molecule has 8 N–H and O–H groups in total. The number of aliphatic carboxylic acids is 1. The van der Waals surface area contributed by atoms with Crippen LogP contribution in [0.1, 0.15) is 17.7 Å². The van der Waals surface area contributed by atoms with Crippen molar-refractivity contribution in [3.63, 3.8) is 0 Å². The van der Waals surface area contributed by atoms with Crippen LogP contribution in [0.2, 0.25) is 0 Å². The second kappa shape index (κ2) is 15.1. The van der Waals surface area contributed by atoms with Crippen molar-refractivity contribution in [2.24, 2.45) is 5.73 Å². The van der Waals surface area contributed by atoms with Crippen LogP contribution in [0.5, 0.6) is 5.75 Å². The van der Waals surface area contributed by atoms with Gasteiger partial charge in [0.2, 0.25) is 17.7 Å². The van der Waals surface area contributed by atoms with Gasteiger partial charge in [-0.25, -0.2) is 9.78 Å². The number of aromatic amines is 1. The molecule has 1 aromatic carbocycles. The van der Waals surface area contributed by atoms with Crippen molar-refractivity contribution in [2.45, 2.75) is 43.4 Å². The lowest BCUT2D eigenvalue weighted by Gasteiger charge is -2.24. The van der Waals surface area contributed by atoms with Crippen LogP contribution in [-0.2, 0) is 32.0 Å². The molecule has 0 fully saturated rings. The van der Waals surface area contributed by atoms with E-state index in [4.69, 9.17) is 5.73 Å². The second-order valence-corrected chi connectivity index (χ2v) is 9.59. The lowest BCUT2D eigenvalue weighted by atomic mass is 10.1. The zero-order valence-electron chi connectivity index (χ0n) is 20.2. The lowest BCUT2D eigenvalue weighted by Crippen LogP contribution is -2.58. The third kappa shape index (κ3) is 9.98. The standard InChI is InChI=1S/C23H32N6O6S2/c1-37-7-6-16(24)20(31)27-17(9-14-10-25-12-26-14)21(32)29-19(11-36)22(33)28-18(23(34)35)8-13-2-4-15(30)5-3-13/h2-5,10,12,16-19,30,36H,6-9,11,24H2,1H3,(H,25,26)(H,27,31)(H,28,33)(H,29,32)(H,34,35). The SMILES string of the molecule is CSCCC(N)C(=O)NC(Cc1cnc[nH]1)C(=O)NC(CS)C(=O)NC(Cc1ccc(O)cc1)C(=O)O. The highest BCUT2D eigenvalue weighted by Crippen LogP contribution is 2.12. The number of H-pyrrole nitrogens is 1. The predicted molar refractivity (Wildman–Crippen MR) is 142 cm³/mol. The van der Waals surface area contributed by atoms with Crippen molar-refractivity contribution in [1.82, 2.24) is 25.9 Å². The van der Waals surface area contributed by atoms with E-state index in [1.54, 1.807) is 23.9 Å².